The number of rotatable bonds is 9. The van der Waals surface area contributed by atoms with Crippen molar-refractivity contribution in [3.05, 3.63) is 65.2 Å². The molecular weight excluding hydrogens is 354 g/mol. The molecule has 1 N–H and O–H groups in total. The maximum Gasteiger partial charge on any atom is 0.338 e. The molecule has 7 heteroatoms. The van der Waals surface area contributed by atoms with Crippen LogP contribution in [-0.4, -0.2) is 33.8 Å². The standard InChI is InChI=1S/C19H23NO5S/c1-3-24-18-7-5-4-6-17(18)14-25-19(21)16-10-8-15(9-11-16)12-13-20-26(2,22)23/h4-11,20H,3,12-14H2,1-2H3. The summed E-state index contributed by atoms with van der Waals surface area (Å²) in [4.78, 5) is 12.2. The smallest absolute Gasteiger partial charge is 0.338 e. The molecule has 0 saturated carbocycles. The van der Waals surface area contributed by atoms with E-state index in [0.29, 0.717) is 30.9 Å². The average Bonchev–Trinajstić information content (AvgIpc) is 2.60. The first-order valence-electron chi connectivity index (χ1n) is 8.30. The minimum atomic E-state index is -3.19. The molecule has 0 heterocycles. The maximum atomic E-state index is 12.2. The molecule has 0 amide bonds. The normalized spacial score (nSPS) is 11.2. The Hall–Kier alpha value is -2.38. The SMILES string of the molecule is CCOc1ccccc1COC(=O)c1ccc(CCNS(C)(=O)=O)cc1. The molecule has 0 radical (unpaired) electrons. The largest absolute Gasteiger partial charge is 0.493 e. The Morgan fingerprint density at radius 2 is 1.77 bits per heavy atom. The van der Waals surface area contributed by atoms with E-state index in [1.807, 2.05) is 31.2 Å². The van der Waals surface area contributed by atoms with E-state index in [4.69, 9.17) is 9.47 Å². The highest BCUT2D eigenvalue weighted by Gasteiger charge is 2.10. The fourth-order valence-electron chi connectivity index (χ4n) is 2.33. The van der Waals surface area contributed by atoms with E-state index in [0.717, 1.165) is 17.4 Å². The van der Waals surface area contributed by atoms with Gasteiger partial charge in [0.15, 0.2) is 0 Å². The summed E-state index contributed by atoms with van der Waals surface area (Å²) >= 11 is 0. The van der Waals surface area contributed by atoms with Gasteiger partial charge >= 0.3 is 5.97 Å². The highest BCUT2D eigenvalue weighted by molar-refractivity contribution is 7.88. The van der Waals surface area contributed by atoms with Crippen LogP contribution >= 0.6 is 0 Å². The van der Waals surface area contributed by atoms with Gasteiger partial charge in [-0.15, -0.1) is 0 Å². The first kappa shape index (κ1) is 19.9. The Morgan fingerprint density at radius 1 is 1.08 bits per heavy atom. The second-order valence-corrected chi connectivity index (χ2v) is 7.56. The lowest BCUT2D eigenvalue weighted by Crippen LogP contribution is -2.24. The minimum Gasteiger partial charge on any atom is -0.493 e. The predicted octanol–water partition coefficient (Wildman–Crippen LogP) is 2.53. The number of benzene rings is 2. The first-order valence-corrected chi connectivity index (χ1v) is 10.2. The van der Waals surface area contributed by atoms with Crippen LogP contribution in [0.15, 0.2) is 48.5 Å². The third kappa shape index (κ3) is 6.50. The zero-order valence-electron chi connectivity index (χ0n) is 14.9. The second kappa shape index (κ2) is 9.35. The number of carbonyl (C=O) groups is 1. The van der Waals surface area contributed by atoms with Crippen molar-refractivity contribution in [1.82, 2.24) is 4.72 Å². The third-order valence-electron chi connectivity index (χ3n) is 3.60. The van der Waals surface area contributed by atoms with Gasteiger partial charge in [0.25, 0.3) is 0 Å². The van der Waals surface area contributed by atoms with Crippen molar-refractivity contribution in [2.75, 3.05) is 19.4 Å². The lowest BCUT2D eigenvalue weighted by Gasteiger charge is -2.10. The van der Waals surface area contributed by atoms with Crippen LogP contribution in [0.2, 0.25) is 0 Å². The van der Waals surface area contributed by atoms with Gasteiger partial charge in [0.05, 0.1) is 18.4 Å². The molecule has 0 aliphatic rings. The van der Waals surface area contributed by atoms with E-state index in [1.165, 1.54) is 0 Å². The first-order chi connectivity index (χ1) is 12.4. The molecule has 0 fully saturated rings. The molecule has 2 rings (SSSR count). The van der Waals surface area contributed by atoms with Gasteiger partial charge in [0.1, 0.15) is 12.4 Å². The summed E-state index contributed by atoms with van der Waals surface area (Å²) in [5, 5.41) is 0. The van der Waals surface area contributed by atoms with Crippen LogP contribution < -0.4 is 9.46 Å². The van der Waals surface area contributed by atoms with Crippen molar-refractivity contribution in [2.45, 2.75) is 20.0 Å². The number of hydrogen-bond acceptors (Lipinski definition) is 5. The summed E-state index contributed by atoms with van der Waals surface area (Å²) in [6.07, 6.45) is 1.67. The van der Waals surface area contributed by atoms with E-state index in [2.05, 4.69) is 4.72 Å². The third-order valence-corrected chi connectivity index (χ3v) is 4.33. The van der Waals surface area contributed by atoms with Gasteiger partial charge in [-0.25, -0.2) is 17.9 Å². The van der Waals surface area contributed by atoms with Crippen LogP contribution in [0.5, 0.6) is 5.75 Å². The van der Waals surface area contributed by atoms with Crippen LogP contribution in [0.1, 0.15) is 28.4 Å². The van der Waals surface area contributed by atoms with Gasteiger partial charge in [-0.3, -0.25) is 0 Å². The van der Waals surface area contributed by atoms with E-state index < -0.39 is 16.0 Å². The van der Waals surface area contributed by atoms with E-state index in [9.17, 15) is 13.2 Å². The molecule has 0 saturated heterocycles. The molecule has 0 aromatic heterocycles. The number of sulfonamides is 1. The van der Waals surface area contributed by atoms with Crippen LogP contribution in [0.3, 0.4) is 0 Å². The molecule has 26 heavy (non-hydrogen) atoms. The van der Waals surface area contributed by atoms with Gasteiger partial charge in [-0.1, -0.05) is 30.3 Å². The highest BCUT2D eigenvalue weighted by Crippen LogP contribution is 2.19. The maximum absolute atomic E-state index is 12.2. The fraction of sp³-hybridized carbons (Fsp3) is 0.316. The van der Waals surface area contributed by atoms with Crippen molar-refractivity contribution in [1.29, 1.82) is 0 Å². The number of nitrogens with one attached hydrogen (secondary N) is 1. The lowest BCUT2D eigenvalue weighted by atomic mass is 10.1. The van der Waals surface area contributed by atoms with Crippen molar-refractivity contribution in [3.63, 3.8) is 0 Å². The summed E-state index contributed by atoms with van der Waals surface area (Å²) in [5.74, 6) is 0.286. The second-order valence-electron chi connectivity index (χ2n) is 5.73. The molecule has 0 aliphatic heterocycles. The summed E-state index contributed by atoms with van der Waals surface area (Å²) < 4.78 is 35.4. The summed E-state index contributed by atoms with van der Waals surface area (Å²) in [6, 6.07) is 14.4. The Balaban J connectivity index is 1.90. The van der Waals surface area contributed by atoms with Gasteiger partial charge < -0.3 is 9.47 Å². The van der Waals surface area contributed by atoms with E-state index in [1.54, 1.807) is 24.3 Å². The molecule has 0 spiro atoms. The zero-order valence-corrected chi connectivity index (χ0v) is 15.7. The van der Waals surface area contributed by atoms with Gasteiger partial charge in [-0.05, 0) is 37.1 Å². The van der Waals surface area contributed by atoms with Gasteiger partial charge in [0, 0.05) is 12.1 Å². The number of esters is 1. The minimum absolute atomic E-state index is 0.134. The molecule has 140 valence electrons. The lowest BCUT2D eigenvalue weighted by molar-refractivity contribution is 0.0469. The Morgan fingerprint density at radius 3 is 2.42 bits per heavy atom. The van der Waals surface area contributed by atoms with Crippen LogP contribution in [0.4, 0.5) is 0 Å². The zero-order chi connectivity index (χ0) is 19.0. The van der Waals surface area contributed by atoms with Gasteiger partial charge in [0.2, 0.25) is 10.0 Å². The van der Waals surface area contributed by atoms with Gasteiger partial charge in [-0.2, -0.15) is 0 Å². The number of para-hydroxylation sites is 1. The molecule has 0 atom stereocenters. The predicted molar refractivity (Wildman–Crippen MR) is 99.7 cm³/mol. The molecule has 2 aromatic carbocycles. The molecule has 6 nitrogen and oxygen atoms in total. The molecule has 2 aromatic rings. The quantitative estimate of drug-likeness (QED) is 0.679. The topological polar surface area (TPSA) is 81.7 Å². The van der Waals surface area contributed by atoms with Crippen LogP contribution in [0, 0.1) is 0 Å². The monoisotopic (exact) mass is 377 g/mol. The average molecular weight is 377 g/mol. The molecule has 0 bridgehead atoms. The summed E-state index contributed by atoms with van der Waals surface area (Å²) in [7, 11) is -3.19. The van der Waals surface area contributed by atoms with Crippen LogP contribution in [-0.2, 0) is 27.8 Å². The van der Waals surface area contributed by atoms with E-state index in [-0.39, 0.29) is 6.61 Å². The molecule has 0 aliphatic carbocycles. The van der Waals surface area contributed by atoms with Crippen LogP contribution in [0.25, 0.3) is 0 Å². The summed E-state index contributed by atoms with van der Waals surface area (Å²) in [6.45, 7) is 2.89. The Kier molecular flexibility index (Phi) is 7.17. The van der Waals surface area contributed by atoms with Crippen molar-refractivity contribution in [2.24, 2.45) is 0 Å². The number of carbonyl (C=O) groups excluding carboxylic acids is 1. The Labute approximate surface area is 154 Å². The number of hydrogen-bond donors (Lipinski definition) is 1. The van der Waals surface area contributed by atoms with Crippen molar-refractivity contribution in [3.8, 4) is 5.75 Å². The highest BCUT2D eigenvalue weighted by atomic mass is 32.2. The van der Waals surface area contributed by atoms with E-state index >= 15 is 0 Å². The Bertz CT molecular complexity index is 831. The molecule has 0 unspecified atom stereocenters. The van der Waals surface area contributed by atoms with Crippen molar-refractivity contribution >= 4 is 16.0 Å². The molecular formula is C19H23NO5S. The summed E-state index contributed by atoms with van der Waals surface area (Å²) in [5.41, 5.74) is 2.18. The number of ether oxygens (including phenoxy) is 2. The fourth-order valence-corrected chi connectivity index (χ4v) is 2.81. The van der Waals surface area contributed by atoms with Crippen molar-refractivity contribution < 1.29 is 22.7 Å².